The van der Waals surface area contributed by atoms with Crippen molar-refractivity contribution in [3.05, 3.63) is 12.3 Å². The van der Waals surface area contributed by atoms with Crippen LogP contribution in [0.5, 0.6) is 0 Å². The first-order valence-electron chi connectivity index (χ1n) is 5.39. The van der Waals surface area contributed by atoms with Crippen LogP contribution in [0.15, 0.2) is 12.3 Å². The lowest BCUT2D eigenvalue weighted by Crippen LogP contribution is -2.27. The fourth-order valence-electron chi connectivity index (χ4n) is 1.78. The third-order valence-electron chi connectivity index (χ3n) is 2.73. The third kappa shape index (κ3) is 2.76. The zero-order valence-corrected chi connectivity index (χ0v) is 10.2. The fourth-order valence-corrected chi connectivity index (χ4v) is 3.02. The molecule has 1 fully saturated rings. The zero-order valence-electron chi connectivity index (χ0n) is 9.36. The third-order valence-corrected chi connectivity index (χ3v) is 4.27. The molecular weight excluding hydrogens is 222 g/mol. The maximum Gasteiger partial charge on any atom is 0.239 e. The summed E-state index contributed by atoms with van der Waals surface area (Å²) in [6.07, 6.45) is 4.26. The van der Waals surface area contributed by atoms with Crippen LogP contribution in [0.3, 0.4) is 0 Å². The van der Waals surface area contributed by atoms with Crippen molar-refractivity contribution in [3.63, 3.8) is 0 Å². The van der Waals surface area contributed by atoms with Gasteiger partial charge in [0.15, 0.2) is 0 Å². The molecule has 0 saturated carbocycles. The molecule has 0 amide bonds. The Morgan fingerprint density at radius 3 is 3.19 bits per heavy atom. The molecule has 4 N–H and O–H groups in total. The van der Waals surface area contributed by atoms with Gasteiger partial charge in [0.05, 0.1) is 0 Å². The number of rotatable bonds is 4. The molecule has 1 aromatic heterocycles. The minimum absolute atomic E-state index is 0.335. The van der Waals surface area contributed by atoms with Crippen molar-refractivity contribution in [3.8, 4) is 0 Å². The summed E-state index contributed by atoms with van der Waals surface area (Å²) >= 11 is 2.03. The lowest BCUT2D eigenvalue weighted by molar-refractivity contribution is 0.633. The van der Waals surface area contributed by atoms with E-state index >= 15 is 0 Å². The average Bonchev–Trinajstić information content (AvgIpc) is 2.75. The van der Waals surface area contributed by atoms with Gasteiger partial charge in [0.1, 0.15) is 5.82 Å². The Bertz CT molecular complexity index is 351. The van der Waals surface area contributed by atoms with Gasteiger partial charge in [0, 0.05) is 17.5 Å². The lowest BCUT2D eigenvalue weighted by atomic mass is 10.1. The number of hydrogen-bond donors (Lipinski definition) is 3. The van der Waals surface area contributed by atoms with Gasteiger partial charge in [0.2, 0.25) is 5.95 Å². The molecule has 0 aliphatic carbocycles. The minimum atomic E-state index is 0.335. The smallest absolute Gasteiger partial charge is 0.239 e. The monoisotopic (exact) mass is 239 g/mol. The molecule has 2 heterocycles. The van der Waals surface area contributed by atoms with Crippen LogP contribution in [0.25, 0.3) is 0 Å². The van der Waals surface area contributed by atoms with Crippen molar-refractivity contribution in [2.24, 2.45) is 5.84 Å². The van der Waals surface area contributed by atoms with E-state index in [4.69, 9.17) is 5.84 Å². The Labute approximate surface area is 99.6 Å². The van der Waals surface area contributed by atoms with Crippen molar-refractivity contribution < 1.29 is 0 Å². The first kappa shape index (κ1) is 11.5. The molecule has 1 atom stereocenters. The molecule has 0 spiro atoms. The van der Waals surface area contributed by atoms with E-state index in [1.807, 2.05) is 17.8 Å². The van der Waals surface area contributed by atoms with E-state index < -0.39 is 0 Å². The standard InChI is InChI=1S/C10H17N5S/c1-10(4-2-6-16-10)7-13-8-3-5-12-9(14-8)15-11/h3,5H,2,4,6-7,11H2,1H3,(H2,12,13,14,15). The SMILES string of the molecule is CC1(CNc2ccnc(NN)n2)CCCS1. The summed E-state index contributed by atoms with van der Waals surface area (Å²) in [7, 11) is 0. The second-order valence-electron chi connectivity index (χ2n) is 4.17. The molecule has 1 aromatic rings. The van der Waals surface area contributed by atoms with Crippen LogP contribution in [0, 0.1) is 0 Å². The fraction of sp³-hybridized carbons (Fsp3) is 0.600. The van der Waals surface area contributed by atoms with Gasteiger partial charge in [-0.05, 0) is 31.6 Å². The second-order valence-corrected chi connectivity index (χ2v) is 5.85. The topological polar surface area (TPSA) is 75.9 Å². The van der Waals surface area contributed by atoms with Crippen LogP contribution in [-0.4, -0.2) is 27.0 Å². The summed E-state index contributed by atoms with van der Waals surface area (Å²) in [5.74, 6) is 7.77. The maximum atomic E-state index is 5.26. The summed E-state index contributed by atoms with van der Waals surface area (Å²) in [4.78, 5) is 8.18. The van der Waals surface area contributed by atoms with Gasteiger partial charge >= 0.3 is 0 Å². The van der Waals surface area contributed by atoms with Gasteiger partial charge in [-0.25, -0.2) is 10.8 Å². The van der Waals surface area contributed by atoms with Crippen molar-refractivity contribution >= 4 is 23.5 Å². The predicted octanol–water partition coefficient (Wildman–Crippen LogP) is 1.46. The molecule has 16 heavy (non-hydrogen) atoms. The number of nitrogen functional groups attached to an aromatic ring is 1. The van der Waals surface area contributed by atoms with Gasteiger partial charge < -0.3 is 5.32 Å². The predicted molar refractivity (Wildman–Crippen MR) is 68.4 cm³/mol. The van der Waals surface area contributed by atoms with Gasteiger partial charge in [-0.15, -0.1) is 0 Å². The van der Waals surface area contributed by atoms with E-state index in [-0.39, 0.29) is 0 Å². The Kier molecular flexibility index (Phi) is 3.50. The molecule has 0 radical (unpaired) electrons. The highest BCUT2D eigenvalue weighted by atomic mass is 32.2. The average molecular weight is 239 g/mol. The highest BCUT2D eigenvalue weighted by molar-refractivity contribution is 8.00. The van der Waals surface area contributed by atoms with Gasteiger partial charge in [-0.3, -0.25) is 5.43 Å². The molecule has 0 bridgehead atoms. The molecule has 5 nitrogen and oxygen atoms in total. The van der Waals surface area contributed by atoms with Crippen molar-refractivity contribution in [1.82, 2.24) is 9.97 Å². The van der Waals surface area contributed by atoms with Crippen LogP contribution in [0.2, 0.25) is 0 Å². The highest BCUT2D eigenvalue weighted by Crippen LogP contribution is 2.37. The van der Waals surface area contributed by atoms with Crippen LogP contribution in [-0.2, 0) is 0 Å². The van der Waals surface area contributed by atoms with Gasteiger partial charge in [-0.2, -0.15) is 16.7 Å². The van der Waals surface area contributed by atoms with Crippen LogP contribution in [0.1, 0.15) is 19.8 Å². The van der Waals surface area contributed by atoms with Gasteiger partial charge in [-0.1, -0.05) is 0 Å². The number of nitrogens with zero attached hydrogens (tertiary/aromatic N) is 2. The minimum Gasteiger partial charge on any atom is -0.369 e. The van der Waals surface area contributed by atoms with Crippen LogP contribution >= 0.6 is 11.8 Å². The maximum absolute atomic E-state index is 5.26. The molecule has 0 aromatic carbocycles. The molecule has 1 aliphatic heterocycles. The summed E-state index contributed by atoms with van der Waals surface area (Å²) in [5.41, 5.74) is 2.44. The molecule has 1 unspecified atom stereocenters. The molecular formula is C10H17N5S. The molecule has 2 rings (SSSR count). The van der Waals surface area contributed by atoms with Crippen molar-refractivity contribution in [1.29, 1.82) is 0 Å². The van der Waals surface area contributed by atoms with Crippen LogP contribution in [0.4, 0.5) is 11.8 Å². The number of hydrogen-bond acceptors (Lipinski definition) is 6. The highest BCUT2D eigenvalue weighted by Gasteiger charge is 2.29. The Hall–Kier alpha value is -1.01. The number of thioether (sulfide) groups is 1. The van der Waals surface area contributed by atoms with E-state index in [2.05, 4.69) is 27.6 Å². The molecule has 1 saturated heterocycles. The lowest BCUT2D eigenvalue weighted by Gasteiger charge is -2.23. The van der Waals surface area contributed by atoms with E-state index in [9.17, 15) is 0 Å². The number of anilines is 2. The first-order valence-corrected chi connectivity index (χ1v) is 6.38. The van der Waals surface area contributed by atoms with Gasteiger partial charge in [0.25, 0.3) is 0 Å². The summed E-state index contributed by atoms with van der Waals surface area (Å²) < 4.78 is 0.335. The van der Waals surface area contributed by atoms with Crippen molar-refractivity contribution in [2.45, 2.75) is 24.5 Å². The number of nitrogens with one attached hydrogen (secondary N) is 2. The largest absolute Gasteiger partial charge is 0.369 e. The number of hydrazine groups is 1. The number of aromatic nitrogens is 2. The Morgan fingerprint density at radius 1 is 1.62 bits per heavy atom. The van der Waals surface area contributed by atoms with E-state index in [0.29, 0.717) is 10.7 Å². The van der Waals surface area contributed by atoms with Crippen LogP contribution < -0.4 is 16.6 Å². The second kappa shape index (κ2) is 4.88. The molecule has 88 valence electrons. The van der Waals surface area contributed by atoms with E-state index in [1.165, 1.54) is 18.6 Å². The summed E-state index contributed by atoms with van der Waals surface area (Å²) in [5, 5.41) is 3.33. The molecule has 1 aliphatic rings. The first-order chi connectivity index (χ1) is 7.72. The molecule has 6 heteroatoms. The van der Waals surface area contributed by atoms with Crippen molar-refractivity contribution in [2.75, 3.05) is 23.0 Å². The summed E-state index contributed by atoms with van der Waals surface area (Å²) in [6.45, 7) is 3.22. The van der Waals surface area contributed by atoms with E-state index in [1.54, 1.807) is 6.20 Å². The quantitative estimate of drug-likeness (QED) is 0.545. The van der Waals surface area contributed by atoms with E-state index in [0.717, 1.165) is 12.4 Å². The Morgan fingerprint density at radius 2 is 2.50 bits per heavy atom. The number of nitrogens with two attached hydrogens (primary N) is 1. The summed E-state index contributed by atoms with van der Waals surface area (Å²) in [6, 6.07) is 1.85. The zero-order chi connectivity index (χ0) is 11.4. The normalized spacial score (nSPS) is 24.4. The Balaban J connectivity index is 1.93.